The maximum absolute atomic E-state index is 13.7. The van der Waals surface area contributed by atoms with Crippen molar-refractivity contribution < 1.29 is 26.0 Å². The zero-order chi connectivity index (χ0) is 27.5. The molecule has 0 N–H and O–H groups in total. The molecule has 0 aliphatic rings. The van der Waals surface area contributed by atoms with Crippen molar-refractivity contribution in [3.05, 3.63) is 72.2 Å². The van der Waals surface area contributed by atoms with Crippen molar-refractivity contribution in [2.45, 2.75) is 43.0 Å². The number of furan rings is 1. The number of sulfonamides is 1. The van der Waals surface area contributed by atoms with E-state index in [0.717, 1.165) is 19.1 Å². The third kappa shape index (κ3) is 5.98. The van der Waals surface area contributed by atoms with Gasteiger partial charge in [-0.1, -0.05) is 31.6 Å². The normalized spacial score (nSPS) is 12.3. The molecule has 12 heteroatoms. The largest absolute Gasteiger partial charge is 0.467 e. The summed E-state index contributed by atoms with van der Waals surface area (Å²) < 4.78 is 57.7. The standard InChI is InChI=1S/C26H29N3O6S3/c1-4-6-15-28(5-2)38(33,34)21-11-9-19(10-12-21)25(30)29(18-20-8-7-16-35-20)26-27-23-14-13-22(37(3,31)32)17-24(23)36-26/h7-14,16-17H,4-6,15,18H2,1-3H3. The summed E-state index contributed by atoms with van der Waals surface area (Å²) in [6, 6.07) is 14.0. The van der Waals surface area contributed by atoms with Gasteiger partial charge in [-0.05, 0) is 61.0 Å². The molecule has 0 bridgehead atoms. The Kier molecular flexibility index (Phi) is 8.36. The van der Waals surface area contributed by atoms with Gasteiger partial charge in [0.05, 0.1) is 32.8 Å². The van der Waals surface area contributed by atoms with Crippen molar-refractivity contribution in [2.75, 3.05) is 24.2 Å². The van der Waals surface area contributed by atoms with Crippen LogP contribution >= 0.6 is 11.3 Å². The van der Waals surface area contributed by atoms with E-state index >= 15 is 0 Å². The number of rotatable bonds is 11. The van der Waals surface area contributed by atoms with E-state index < -0.39 is 25.8 Å². The van der Waals surface area contributed by atoms with Crippen LogP contribution in [-0.2, 0) is 26.4 Å². The first-order chi connectivity index (χ1) is 18.0. The SMILES string of the molecule is CCCCN(CC)S(=O)(=O)c1ccc(C(=O)N(Cc2ccco2)c2nc3ccc(S(C)(=O)=O)cc3s2)cc1. The average Bonchev–Trinajstić information content (AvgIpc) is 3.56. The second-order valence-electron chi connectivity index (χ2n) is 8.74. The van der Waals surface area contributed by atoms with Gasteiger partial charge in [0.25, 0.3) is 5.91 Å². The van der Waals surface area contributed by atoms with Crippen LogP contribution in [0, 0.1) is 0 Å². The van der Waals surface area contributed by atoms with Gasteiger partial charge in [0.2, 0.25) is 10.0 Å². The van der Waals surface area contributed by atoms with E-state index in [0.29, 0.717) is 34.2 Å². The van der Waals surface area contributed by atoms with Crippen molar-refractivity contribution in [2.24, 2.45) is 0 Å². The Morgan fingerprint density at radius 1 is 1.00 bits per heavy atom. The van der Waals surface area contributed by atoms with Gasteiger partial charge in [0.1, 0.15) is 5.76 Å². The van der Waals surface area contributed by atoms with E-state index in [1.807, 2.05) is 6.92 Å². The molecular formula is C26H29N3O6S3. The van der Waals surface area contributed by atoms with Crippen LogP contribution in [0.15, 0.2) is 75.1 Å². The Hall–Kier alpha value is -3.06. The first-order valence-corrected chi connectivity index (χ1v) is 16.2. The fraction of sp³-hybridized carbons (Fsp3) is 0.308. The average molecular weight is 576 g/mol. The molecule has 0 fully saturated rings. The number of nitrogens with zero attached hydrogens (tertiary/aromatic N) is 3. The van der Waals surface area contributed by atoms with Crippen LogP contribution in [0.4, 0.5) is 5.13 Å². The third-order valence-corrected chi connectivity index (χ3v) is 10.1. The lowest BCUT2D eigenvalue weighted by Gasteiger charge is -2.21. The van der Waals surface area contributed by atoms with Gasteiger partial charge in [-0.25, -0.2) is 21.8 Å². The van der Waals surface area contributed by atoms with E-state index in [2.05, 4.69) is 4.98 Å². The van der Waals surface area contributed by atoms with Crippen LogP contribution in [0.2, 0.25) is 0 Å². The Bertz CT molecular complexity index is 1630. The van der Waals surface area contributed by atoms with Crippen LogP contribution < -0.4 is 4.90 Å². The summed E-state index contributed by atoms with van der Waals surface area (Å²) in [7, 11) is -7.08. The Morgan fingerprint density at radius 3 is 2.32 bits per heavy atom. The number of hydrogen-bond acceptors (Lipinski definition) is 8. The Morgan fingerprint density at radius 2 is 1.71 bits per heavy atom. The summed E-state index contributed by atoms with van der Waals surface area (Å²) in [5, 5.41) is 0.362. The predicted molar refractivity (Wildman–Crippen MR) is 148 cm³/mol. The van der Waals surface area contributed by atoms with Crippen molar-refractivity contribution >= 4 is 52.5 Å². The van der Waals surface area contributed by atoms with Crippen molar-refractivity contribution in [3.8, 4) is 0 Å². The number of benzene rings is 2. The second-order valence-corrected chi connectivity index (χ2v) is 13.7. The molecule has 4 rings (SSSR count). The zero-order valence-corrected chi connectivity index (χ0v) is 23.8. The van der Waals surface area contributed by atoms with Crippen LogP contribution in [0.3, 0.4) is 0 Å². The zero-order valence-electron chi connectivity index (χ0n) is 21.3. The highest BCUT2D eigenvalue weighted by Gasteiger charge is 2.26. The lowest BCUT2D eigenvalue weighted by atomic mass is 10.2. The van der Waals surface area contributed by atoms with Crippen LogP contribution in [0.25, 0.3) is 10.2 Å². The van der Waals surface area contributed by atoms with Gasteiger partial charge < -0.3 is 4.42 Å². The molecule has 2 aromatic heterocycles. The minimum atomic E-state index is -3.68. The number of thiazole rings is 1. The van der Waals surface area contributed by atoms with Crippen molar-refractivity contribution in [1.82, 2.24) is 9.29 Å². The summed E-state index contributed by atoms with van der Waals surface area (Å²) in [5.41, 5.74) is 0.839. The topological polar surface area (TPSA) is 118 Å². The minimum absolute atomic E-state index is 0.0886. The fourth-order valence-electron chi connectivity index (χ4n) is 3.88. The number of amides is 1. The molecule has 38 heavy (non-hydrogen) atoms. The number of aromatic nitrogens is 1. The van der Waals surface area contributed by atoms with E-state index in [1.165, 1.54) is 57.1 Å². The van der Waals surface area contributed by atoms with Crippen molar-refractivity contribution in [3.63, 3.8) is 0 Å². The molecule has 0 unspecified atom stereocenters. The van der Waals surface area contributed by atoms with Gasteiger partial charge >= 0.3 is 0 Å². The second kappa shape index (κ2) is 11.4. The Balaban J connectivity index is 1.68. The first kappa shape index (κ1) is 28.0. The summed E-state index contributed by atoms with van der Waals surface area (Å²) >= 11 is 1.19. The molecule has 0 saturated heterocycles. The molecule has 2 heterocycles. The molecular weight excluding hydrogens is 547 g/mol. The van der Waals surface area contributed by atoms with E-state index in [9.17, 15) is 21.6 Å². The maximum atomic E-state index is 13.7. The number of fused-ring (bicyclic) bond motifs is 1. The summed E-state index contributed by atoms with van der Waals surface area (Å²) in [6.07, 6.45) is 4.29. The molecule has 1 amide bonds. The molecule has 0 aliphatic heterocycles. The van der Waals surface area contributed by atoms with Gasteiger partial charge in [-0.2, -0.15) is 4.31 Å². The first-order valence-electron chi connectivity index (χ1n) is 12.1. The summed E-state index contributed by atoms with van der Waals surface area (Å²) in [5.74, 6) is 0.134. The molecule has 9 nitrogen and oxygen atoms in total. The smallest absolute Gasteiger partial charge is 0.260 e. The van der Waals surface area contributed by atoms with Gasteiger partial charge in [0.15, 0.2) is 15.0 Å². The van der Waals surface area contributed by atoms with E-state index in [1.54, 1.807) is 31.2 Å². The summed E-state index contributed by atoms with van der Waals surface area (Å²) in [6.45, 7) is 4.69. The maximum Gasteiger partial charge on any atom is 0.260 e. The van der Waals surface area contributed by atoms with Gasteiger partial charge in [-0.3, -0.25) is 9.69 Å². The van der Waals surface area contributed by atoms with Gasteiger partial charge in [-0.15, -0.1) is 0 Å². The number of carbonyl (C=O) groups is 1. The quantitative estimate of drug-likeness (QED) is 0.248. The van der Waals surface area contributed by atoms with Crippen molar-refractivity contribution in [1.29, 1.82) is 0 Å². The molecule has 0 spiro atoms. The van der Waals surface area contributed by atoms with Crippen LogP contribution in [0.5, 0.6) is 0 Å². The number of unbranched alkanes of at least 4 members (excludes halogenated alkanes) is 1. The van der Waals surface area contributed by atoms with E-state index in [4.69, 9.17) is 4.42 Å². The summed E-state index contributed by atoms with van der Waals surface area (Å²) in [4.78, 5) is 20.0. The number of hydrogen-bond donors (Lipinski definition) is 0. The number of anilines is 1. The predicted octanol–water partition coefficient (Wildman–Crippen LogP) is 4.95. The van der Waals surface area contributed by atoms with Crippen LogP contribution in [0.1, 0.15) is 42.8 Å². The number of sulfone groups is 1. The van der Waals surface area contributed by atoms with E-state index in [-0.39, 0.29) is 21.9 Å². The highest BCUT2D eigenvalue weighted by Crippen LogP contribution is 2.32. The molecule has 0 aliphatic carbocycles. The highest BCUT2D eigenvalue weighted by atomic mass is 32.2. The highest BCUT2D eigenvalue weighted by molar-refractivity contribution is 7.90. The molecule has 0 atom stereocenters. The molecule has 2 aromatic carbocycles. The Labute approximate surface area is 226 Å². The number of carbonyl (C=O) groups excluding carboxylic acids is 1. The molecule has 0 radical (unpaired) electrons. The molecule has 4 aromatic rings. The van der Waals surface area contributed by atoms with Gasteiger partial charge in [0, 0.05) is 24.9 Å². The fourth-order valence-corrected chi connectivity index (χ4v) is 7.09. The molecule has 202 valence electrons. The lowest BCUT2D eigenvalue weighted by molar-refractivity contribution is 0.0983. The lowest BCUT2D eigenvalue weighted by Crippen LogP contribution is -2.32. The molecule has 0 saturated carbocycles. The monoisotopic (exact) mass is 575 g/mol. The minimum Gasteiger partial charge on any atom is -0.467 e. The third-order valence-electron chi connectivity index (χ3n) is 6.00. The van der Waals surface area contributed by atoms with Crippen LogP contribution in [-0.4, -0.2) is 51.4 Å².